The van der Waals surface area contributed by atoms with Gasteiger partial charge in [-0.15, -0.1) is 0 Å². The molecule has 0 amide bonds. The standard InChI is InChI=1S/C12H8ClF3N2O2/c13-10-9(11(19)20)5-17-18(10)6-7-1-3-8(4-2-7)12(14,15)16/h1-5H,6H2,(H,19,20). The third-order valence-corrected chi connectivity index (χ3v) is 3.02. The van der Waals surface area contributed by atoms with Crippen molar-refractivity contribution in [2.75, 3.05) is 0 Å². The van der Waals surface area contributed by atoms with Crippen LogP contribution in [0.4, 0.5) is 13.2 Å². The molecule has 1 aromatic heterocycles. The van der Waals surface area contributed by atoms with E-state index in [9.17, 15) is 18.0 Å². The molecule has 0 aliphatic heterocycles. The van der Waals surface area contributed by atoms with Gasteiger partial charge in [-0.3, -0.25) is 0 Å². The molecule has 0 aliphatic rings. The SMILES string of the molecule is O=C(O)c1cnn(Cc2ccc(C(F)(F)F)cc2)c1Cl. The number of carboxylic acid groups (broad SMARTS) is 1. The van der Waals surface area contributed by atoms with Gasteiger partial charge >= 0.3 is 12.1 Å². The Labute approximate surface area is 116 Å². The second kappa shape index (κ2) is 5.16. The van der Waals surface area contributed by atoms with Crippen LogP contribution in [0, 0.1) is 0 Å². The van der Waals surface area contributed by atoms with Gasteiger partial charge in [-0.05, 0) is 17.7 Å². The molecule has 0 bridgehead atoms. The van der Waals surface area contributed by atoms with Gasteiger partial charge in [-0.25, -0.2) is 9.48 Å². The van der Waals surface area contributed by atoms with Gasteiger partial charge in [0, 0.05) is 0 Å². The lowest BCUT2D eigenvalue weighted by atomic mass is 10.1. The highest BCUT2D eigenvalue weighted by Gasteiger charge is 2.29. The zero-order chi connectivity index (χ0) is 14.9. The highest BCUT2D eigenvalue weighted by Crippen LogP contribution is 2.29. The first-order chi connectivity index (χ1) is 9.29. The molecular formula is C12H8ClF3N2O2. The lowest BCUT2D eigenvalue weighted by Crippen LogP contribution is -2.06. The summed E-state index contributed by atoms with van der Waals surface area (Å²) in [5.41, 5.74) is -0.377. The van der Waals surface area contributed by atoms with Crippen LogP contribution in [0.15, 0.2) is 30.5 Å². The average molecular weight is 305 g/mol. The molecule has 0 radical (unpaired) electrons. The molecule has 0 atom stereocenters. The molecule has 0 aliphatic carbocycles. The smallest absolute Gasteiger partial charge is 0.416 e. The molecular weight excluding hydrogens is 297 g/mol. The summed E-state index contributed by atoms with van der Waals surface area (Å²) < 4.78 is 38.4. The van der Waals surface area contributed by atoms with Crippen molar-refractivity contribution in [3.63, 3.8) is 0 Å². The minimum atomic E-state index is -4.39. The largest absolute Gasteiger partial charge is 0.478 e. The van der Waals surface area contributed by atoms with E-state index in [2.05, 4.69) is 5.10 Å². The molecule has 0 spiro atoms. The molecule has 2 aromatic rings. The fourth-order valence-electron chi connectivity index (χ4n) is 1.60. The van der Waals surface area contributed by atoms with Crippen LogP contribution in [0.25, 0.3) is 0 Å². The molecule has 1 heterocycles. The second-order valence-electron chi connectivity index (χ2n) is 4.01. The molecule has 106 valence electrons. The van der Waals surface area contributed by atoms with Crippen LogP contribution in [-0.2, 0) is 12.7 Å². The summed E-state index contributed by atoms with van der Waals surface area (Å²) in [6.45, 7) is 0.0876. The lowest BCUT2D eigenvalue weighted by molar-refractivity contribution is -0.137. The van der Waals surface area contributed by atoms with Crippen molar-refractivity contribution < 1.29 is 23.1 Å². The van der Waals surface area contributed by atoms with Crippen molar-refractivity contribution in [3.05, 3.63) is 52.3 Å². The van der Waals surface area contributed by atoms with Gasteiger partial charge < -0.3 is 5.11 Å². The second-order valence-corrected chi connectivity index (χ2v) is 4.36. The van der Waals surface area contributed by atoms with Gasteiger partial charge in [0.25, 0.3) is 0 Å². The summed E-state index contributed by atoms with van der Waals surface area (Å²) in [7, 11) is 0. The Bertz CT molecular complexity index is 635. The Morgan fingerprint density at radius 1 is 1.30 bits per heavy atom. The first-order valence-corrected chi connectivity index (χ1v) is 5.77. The number of benzene rings is 1. The van der Waals surface area contributed by atoms with E-state index in [0.29, 0.717) is 5.56 Å². The number of hydrogen-bond acceptors (Lipinski definition) is 2. The molecule has 1 N–H and O–H groups in total. The Kier molecular flexibility index (Phi) is 3.71. The van der Waals surface area contributed by atoms with E-state index >= 15 is 0 Å². The topological polar surface area (TPSA) is 55.1 Å². The number of carbonyl (C=O) groups is 1. The minimum Gasteiger partial charge on any atom is -0.478 e. The summed E-state index contributed by atoms with van der Waals surface area (Å²) in [6.07, 6.45) is -3.30. The molecule has 20 heavy (non-hydrogen) atoms. The van der Waals surface area contributed by atoms with Crippen LogP contribution in [0.1, 0.15) is 21.5 Å². The molecule has 0 saturated carbocycles. The van der Waals surface area contributed by atoms with E-state index in [1.165, 1.54) is 16.8 Å². The summed E-state index contributed by atoms with van der Waals surface area (Å²) in [5, 5.41) is 12.5. The molecule has 8 heteroatoms. The highest BCUT2D eigenvalue weighted by molar-refractivity contribution is 6.32. The number of alkyl halides is 3. The normalized spacial score (nSPS) is 11.6. The van der Waals surface area contributed by atoms with Crippen molar-refractivity contribution >= 4 is 17.6 Å². The Balaban J connectivity index is 2.21. The van der Waals surface area contributed by atoms with Crippen molar-refractivity contribution in [2.45, 2.75) is 12.7 Å². The van der Waals surface area contributed by atoms with Gasteiger partial charge in [0.15, 0.2) is 0 Å². The number of rotatable bonds is 3. The van der Waals surface area contributed by atoms with Crippen LogP contribution in [-0.4, -0.2) is 20.9 Å². The molecule has 2 rings (SSSR count). The monoisotopic (exact) mass is 304 g/mol. The molecule has 4 nitrogen and oxygen atoms in total. The first-order valence-electron chi connectivity index (χ1n) is 5.40. The summed E-state index contributed by atoms with van der Waals surface area (Å²) >= 11 is 5.81. The maximum Gasteiger partial charge on any atom is 0.416 e. The molecule has 0 saturated heterocycles. The van der Waals surface area contributed by atoms with Gasteiger partial charge in [0.1, 0.15) is 10.7 Å². The minimum absolute atomic E-state index is 0.0719. The zero-order valence-corrected chi connectivity index (χ0v) is 10.6. The average Bonchev–Trinajstić information content (AvgIpc) is 2.71. The van der Waals surface area contributed by atoms with Gasteiger partial charge in [-0.2, -0.15) is 18.3 Å². The van der Waals surface area contributed by atoms with E-state index in [1.54, 1.807) is 0 Å². The Morgan fingerprint density at radius 3 is 2.35 bits per heavy atom. The fourth-order valence-corrected chi connectivity index (χ4v) is 1.83. The van der Waals surface area contributed by atoms with Crippen LogP contribution < -0.4 is 0 Å². The molecule has 1 aromatic carbocycles. The maximum atomic E-state index is 12.4. The molecule has 0 unspecified atom stereocenters. The third kappa shape index (κ3) is 2.93. The lowest BCUT2D eigenvalue weighted by Gasteiger charge is -2.08. The summed E-state index contributed by atoms with van der Waals surface area (Å²) in [6, 6.07) is 4.48. The van der Waals surface area contributed by atoms with Gasteiger partial charge in [0.05, 0.1) is 18.3 Å². The van der Waals surface area contributed by atoms with Crippen molar-refractivity contribution in [1.29, 1.82) is 0 Å². The maximum absolute atomic E-state index is 12.4. The van der Waals surface area contributed by atoms with Crippen LogP contribution in [0.3, 0.4) is 0 Å². The molecule has 0 fully saturated rings. The Morgan fingerprint density at radius 2 is 1.90 bits per heavy atom. The fraction of sp³-hybridized carbons (Fsp3) is 0.167. The van der Waals surface area contributed by atoms with E-state index in [1.807, 2.05) is 0 Å². The Hall–Kier alpha value is -2.02. The first kappa shape index (κ1) is 14.4. The van der Waals surface area contributed by atoms with Gasteiger partial charge in [-0.1, -0.05) is 23.7 Å². The number of halogens is 4. The number of aromatic carboxylic acids is 1. The third-order valence-electron chi connectivity index (χ3n) is 2.62. The summed E-state index contributed by atoms with van der Waals surface area (Å²) in [5.74, 6) is -1.21. The van der Waals surface area contributed by atoms with E-state index in [0.717, 1.165) is 18.3 Å². The number of aromatic nitrogens is 2. The van der Waals surface area contributed by atoms with Gasteiger partial charge in [0.2, 0.25) is 0 Å². The number of hydrogen-bond donors (Lipinski definition) is 1. The predicted octanol–water partition coefficient (Wildman–Crippen LogP) is 3.30. The van der Waals surface area contributed by atoms with Crippen LogP contribution in [0.2, 0.25) is 5.15 Å². The zero-order valence-electron chi connectivity index (χ0n) is 9.86. The quantitative estimate of drug-likeness (QED) is 0.946. The van der Waals surface area contributed by atoms with E-state index < -0.39 is 17.7 Å². The van der Waals surface area contributed by atoms with Crippen molar-refractivity contribution in [3.8, 4) is 0 Å². The number of carboxylic acids is 1. The number of nitrogens with zero attached hydrogens (tertiary/aromatic N) is 2. The van der Waals surface area contributed by atoms with E-state index in [-0.39, 0.29) is 17.3 Å². The summed E-state index contributed by atoms with van der Waals surface area (Å²) in [4.78, 5) is 10.8. The van der Waals surface area contributed by atoms with Crippen molar-refractivity contribution in [1.82, 2.24) is 9.78 Å². The van der Waals surface area contributed by atoms with Crippen molar-refractivity contribution in [2.24, 2.45) is 0 Å². The van der Waals surface area contributed by atoms with E-state index in [4.69, 9.17) is 16.7 Å². The van der Waals surface area contributed by atoms with Crippen LogP contribution in [0.5, 0.6) is 0 Å². The predicted molar refractivity (Wildman–Crippen MR) is 64.7 cm³/mol. The van der Waals surface area contributed by atoms with Crippen LogP contribution >= 0.6 is 11.6 Å². The highest BCUT2D eigenvalue weighted by atomic mass is 35.5.